The molecule has 0 radical (unpaired) electrons. The zero-order chi connectivity index (χ0) is 12.3. The van der Waals surface area contributed by atoms with Crippen LogP contribution in [0.2, 0.25) is 0 Å². The Morgan fingerprint density at radius 1 is 1.24 bits per heavy atom. The summed E-state index contributed by atoms with van der Waals surface area (Å²) in [4.78, 5) is 0. The minimum Gasteiger partial charge on any atom is -0.396 e. The zero-order valence-electron chi connectivity index (χ0n) is 8.85. The monoisotopic (exact) mass is 240 g/mol. The van der Waals surface area contributed by atoms with Gasteiger partial charge in [-0.1, -0.05) is 6.07 Å². The first-order chi connectivity index (χ1) is 8.24. The van der Waals surface area contributed by atoms with E-state index in [0.717, 1.165) is 12.1 Å². The van der Waals surface area contributed by atoms with Crippen LogP contribution in [0.4, 0.5) is 8.78 Å². The number of hydrogen-bond acceptors (Lipinski definition) is 4. The molecule has 0 aliphatic carbocycles. The van der Waals surface area contributed by atoms with Crippen LogP contribution in [0.5, 0.6) is 0 Å². The van der Waals surface area contributed by atoms with Gasteiger partial charge in [-0.3, -0.25) is 0 Å². The normalized spacial score (nSPS) is 10.8. The Kier molecular flexibility index (Phi) is 3.38. The molecule has 0 spiro atoms. The molecule has 1 N–H and O–H groups in total. The third kappa shape index (κ3) is 2.28. The average molecular weight is 240 g/mol. The van der Waals surface area contributed by atoms with Crippen LogP contribution < -0.4 is 0 Å². The van der Waals surface area contributed by atoms with Crippen molar-refractivity contribution in [2.45, 2.75) is 13.0 Å². The highest BCUT2D eigenvalue weighted by atomic mass is 19.1. The number of aryl methyl sites for hydroxylation is 1. The molecule has 0 bridgehead atoms. The summed E-state index contributed by atoms with van der Waals surface area (Å²) in [5, 5.41) is 19.3. The number of hydrogen-bond donors (Lipinski definition) is 1. The Morgan fingerprint density at radius 3 is 2.59 bits per heavy atom. The molecule has 0 aliphatic rings. The molecule has 1 aromatic heterocycles. The third-order valence-corrected chi connectivity index (χ3v) is 2.25. The SMILES string of the molecule is OCCCn1nnnc1-c1c(F)cccc1F. The molecule has 0 fully saturated rings. The number of tetrazole rings is 1. The highest BCUT2D eigenvalue weighted by Crippen LogP contribution is 2.23. The van der Waals surface area contributed by atoms with Gasteiger partial charge in [-0.25, -0.2) is 13.5 Å². The lowest BCUT2D eigenvalue weighted by Gasteiger charge is -2.05. The molecular weight excluding hydrogens is 230 g/mol. The number of aliphatic hydroxyl groups excluding tert-OH is 1. The molecule has 0 atom stereocenters. The molecule has 5 nitrogen and oxygen atoms in total. The van der Waals surface area contributed by atoms with Gasteiger partial charge in [0.05, 0.1) is 5.56 Å². The van der Waals surface area contributed by atoms with Crippen LogP contribution in [0.3, 0.4) is 0 Å². The molecule has 0 amide bonds. The lowest BCUT2D eigenvalue weighted by molar-refractivity contribution is 0.276. The van der Waals surface area contributed by atoms with Crippen molar-refractivity contribution in [3.8, 4) is 11.4 Å². The summed E-state index contributed by atoms with van der Waals surface area (Å²) in [6, 6.07) is 3.56. The van der Waals surface area contributed by atoms with Crippen molar-refractivity contribution >= 4 is 0 Å². The quantitative estimate of drug-likeness (QED) is 0.866. The predicted octanol–water partition coefficient (Wildman–Crippen LogP) is 1.00. The summed E-state index contributed by atoms with van der Waals surface area (Å²) in [6.07, 6.45) is 0.411. The topological polar surface area (TPSA) is 63.8 Å². The van der Waals surface area contributed by atoms with E-state index in [1.54, 1.807) is 0 Å². The van der Waals surface area contributed by atoms with Crippen molar-refractivity contribution in [2.24, 2.45) is 0 Å². The van der Waals surface area contributed by atoms with Gasteiger partial charge in [-0.2, -0.15) is 0 Å². The fourth-order valence-electron chi connectivity index (χ4n) is 1.47. The van der Waals surface area contributed by atoms with Crippen molar-refractivity contribution in [2.75, 3.05) is 6.61 Å². The summed E-state index contributed by atoms with van der Waals surface area (Å²) in [5.74, 6) is -1.41. The van der Waals surface area contributed by atoms with Crippen LogP contribution in [-0.4, -0.2) is 31.9 Å². The fourth-order valence-corrected chi connectivity index (χ4v) is 1.47. The van der Waals surface area contributed by atoms with E-state index in [0.29, 0.717) is 13.0 Å². The van der Waals surface area contributed by atoms with Crippen molar-refractivity contribution in [1.29, 1.82) is 0 Å². The molecule has 2 rings (SSSR count). The van der Waals surface area contributed by atoms with E-state index in [1.165, 1.54) is 10.7 Å². The standard InChI is InChI=1S/C10H10F2N4O/c11-7-3-1-4-8(12)9(7)10-13-14-15-16(10)5-2-6-17/h1,3-4,17H,2,5-6H2. The summed E-state index contributed by atoms with van der Waals surface area (Å²) in [5.41, 5.74) is -0.254. The van der Waals surface area contributed by atoms with Gasteiger partial charge in [-0.05, 0) is 29.0 Å². The molecule has 0 saturated heterocycles. The molecule has 17 heavy (non-hydrogen) atoms. The predicted molar refractivity (Wildman–Crippen MR) is 54.9 cm³/mol. The maximum atomic E-state index is 13.5. The largest absolute Gasteiger partial charge is 0.396 e. The number of nitrogens with zero attached hydrogens (tertiary/aromatic N) is 4. The summed E-state index contributed by atoms with van der Waals surface area (Å²) in [7, 11) is 0. The molecule has 1 aromatic carbocycles. The number of halogens is 2. The molecule has 0 aliphatic heterocycles. The summed E-state index contributed by atoms with van der Waals surface area (Å²) in [6.45, 7) is 0.256. The minimum absolute atomic E-state index is 0.0223. The maximum absolute atomic E-state index is 13.5. The van der Waals surface area contributed by atoms with Gasteiger partial charge in [0.15, 0.2) is 5.82 Å². The van der Waals surface area contributed by atoms with Gasteiger partial charge in [0.1, 0.15) is 11.6 Å². The van der Waals surface area contributed by atoms with Crippen LogP contribution in [0.25, 0.3) is 11.4 Å². The Balaban J connectivity index is 2.43. The third-order valence-electron chi connectivity index (χ3n) is 2.25. The number of aromatic nitrogens is 4. The van der Waals surface area contributed by atoms with Crippen LogP contribution >= 0.6 is 0 Å². The molecule has 1 heterocycles. The lowest BCUT2D eigenvalue weighted by Crippen LogP contribution is -2.06. The Hall–Kier alpha value is -1.89. The second-order valence-corrected chi connectivity index (χ2v) is 3.40. The number of rotatable bonds is 4. The Morgan fingerprint density at radius 2 is 1.94 bits per heavy atom. The van der Waals surface area contributed by atoms with E-state index in [-0.39, 0.29) is 18.0 Å². The van der Waals surface area contributed by atoms with Gasteiger partial charge >= 0.3 is 0 Å². The minimum atomic E-state index is -0.718. The average Bonchev–Trinajstić information content (AvgIpc) is 2.74. The second kappa shape index (κ2) is 4.96. The Labute approximate surface area is 95.7 Å². The van der Waals surface area contributed by atoms with Crippen LogP contribution in [0, 0.1) is 11.6 Å². The molecular formula is C10H10F2N4O. The van der Waals surface area contributed by atoms with Crippen molar-refractivity contribution in [3.63, 3.8) is 0 Å². The highest BCUT2D eigenvalue weighted by Gasteiger charge is 2.17. The maximum Gasteiger partial charge on any atom is 0.187 e. The van der Waals surface area contributed by atoms with Crippen LogP contribution in [0.15, 0.2) is 18.2 Å². The van der Waals surface area contributed by atoms with Gasteiger partial charge < -0.3 is 5.11 Å². The Bertz CT molecular complexity index is 495. The van der Waals surface area contributed by atoms with Gasteiger partial charge in [0.2, 0.25) is 0 Å². The number of aliphatic hydroxyl groups is 1. The first-order valence-corrected chi connectivity index (χ1v) is 5.05. The second-order valence-electron chi connectivity index (χ2n) is 3.40. The molecule has 0 saturated carbocycles. The van der Waals surface area contributed by atoms with Gasteiger partial charge in [0, 0.05) is 13.2 Å². The van der Waals surface area contributed by atoms with Crippen molar-refractivity contribution in [1.82, 2.24) is 20.2 Å². The van der Waals surface area contributed by atoms with E-state index in [9.17, 15) is 8.78 Å². The molecule has 2 aromatic rings. The van der Waals surface area contributed by atoms with Gasteiger partial charge in [0.25, 0.3) is 0 Å². The first kappa shape index (κ1) is 11.6. The van der Waals surface area contributed by atoms with E-state index in [4.69, 9.17) is 5.11 Å². The zero-order valence-corrected chi connectivity index (χ0v) is 8.85. The van der Waals surface area contributed by atoms with Crippen molar-refractivity contribution < 1.29 is 13.9 Å². The highest BCUT2D eigenvalue weighted by molar-refractivity contribution is 5.56. The van der Waals surface area contributed by atoms with Crippen molar-refractivity contribution in [3.05, 3.63) is 29.8 Å². The van der Waals surface area contributed by atoms with Crippen LogP contribution in [0.1, 0.15) is 6.42 Å². The lowest BCUT2D eigenvalue weighted by atomic mass is 10.2. The molecule has 90 valence electrons. The van der Waals surface area contributed by atoms with Crippen LogP contribution in [-0.2, 0) is 6.54 Å². The number of benzene rings is 1. The van der Waals surface area contributed by atoms with E-state index in [2.05, 4.69) is 15.5 Å². The smallest absolute Gasteiger partial charge is 0.187 e. The summed E-state index contributed by atoms with van der Waals surface area (Å²) < 4.78 is 28.3. The van der Waals surface area contributed by atoms with E-state index in [1.807, 2.05) is 0 Å². The van der Waals surface area contributed by atoms with E-state index < -0.39 is 11.6 Å². The summed E-state index contributed by atoms with van der Waals surface area (Å²) >= 11 is 0. The van der Waals surface area contributed by atoms with E-state index >= 15 is 0 Å². The first-order valence-electron chi connectivity index (χ1n) is 5.05. The fraction of sp³-hybridized carbons (Fsp3) is 0.300. The molecule has 7 heteroatoms. The van der Waals surface area contributed by atoms with Gasteiger partial charge in [-0.15, -0.1) is 5.10 Å². The molecule has 0 unspecified atom stereocenters.